The highest BCUT2D eigenvalue weighted by Gasteiger charge is 2.08. The first-order chi connectivity index (χ1) is 9.16. The van der Waals surface area contributed by atoms with E-state index in [0.717, 1.165) is 5.56 Å². The highest BCUT2D eigenvalue weighted by atomic mass is 32.1. The molecule has 1 aromatic heterocycles. The van der Waals surface area contributed by atoms with Gasteiger partial charge in [0.05, 0.1) is 11.3 Å². The first-order valence-electron chi connectivity index (χ1n) is 5.57. The molecule has 0 aliphatic heterocycles. The van der Waals surface area contributed by atoms with Crippen molar-refractivity contribution < 1.29 is 9.59 Å². The summed E-state index contributed by atoms with van der Waals surface area (Å²) < 4.78 is 0. The monoisotopic (exact) mass is 272 g/mol. The third-order valence-electron chi connectivity index (χ3n) is 2.42. The normalized spacial score (nSPS) is 10.5. The molecule has 0 spiro atoms. The van der Waals surface area contributed by atoms with Gasteiger partial charge in [0, 0.05) is 6.08 Å². The maximum Gasteiger partial charge on any atom is 0.250 e. The van der Waals surface area contributed by atoms with Gasteiger partial charge < -0.3 is 11.1 Å². The van der Waals surface area contributed by atoms with Crippen LogP contribution in [0.25, 0.3) is 6.08 Å². The van der Waals surface area contributed by atoms with Crippen LogP contribution in [-0.4, -0.2) is 11.8 Å². The van der Waals surface area contributed by atoms with E-state index in [1.165, 1.54) is 6.08 Å². The van der Waals surface area contributed by atoms with Crippen molar-refractivity contribution in [1.82, 2.24) is 0 Å². The van der Waals surface area contributed by atoms with E-state index in [1.807, 2.05) is 16.8 Å². The average molecular weight is 272 g/mol. The molecule has 0 aliphatic carbocycles. The summed E-state index contributed by atoms with van der Waals surface area (Å²) in [5, 5.41) is 6.49. The molecule has 4 nitrogen and oxygen atoms in total. The maximum absolute atomic E-state index is 11.7. The van der Waals surface area contributed by atoms with Gasteiger partial charge in [0.15, 0.2) is 0 Å². The van der Waals surface area contributed by atoms with Crippen LogP contribution in [0.5, 0.6) is 0 Å². The number of hydrogen-bond acceptors (Lipinski definition) is 3. The van der Waals surface area contributed by atoms with Gasteiger partial charge in [0.1, 0.15) is 0 Å². The van der Waals surface area contributed by atoms with Crippen LogP contribution in [0.15, 0.2) is 47.2 Å². The highest BCUT2D eigenvalue weighted by molar-refractivity contribution is 7.08. The second kappa shape index (κ2) is 5.97. The minimum Gasteiger partial charge on any atom is -0.366 e. The van der Waals surface area contributed by atoms with Crippen LogP contribution in [0.4, 0.5) is 5.69 Å². The van der Waals surface area contributed by atoms with Gasteiger partial charge in [-0.15, -0.1) is 0 Å². The number of anilines is 1. The Morgan fingerprint density at radius 3 is 2.68 bits per heavy atom. The van der Waals surface area contributed by atoms with E-state index in [9.17, 15) is 9.59 Å². The van der Waals surface area contributed by atoms with Crippen molar-refractivity contribution in [2.45, 2.75) is 0 Å². The zero-order chi connectivity index (χ0) is 13.7. The van der Waals surface area contributed by atoms with E-state index < -0.39 is 5.91 Å². The van der Waals surface area contributed by atoms with Crippen molar-refractivity contribution >= 4 is 34.9 Å². The number of para-hydroxylation sites is 1. The maximum atomic E-state index is 11.7. The topological polar surface area (TPSA) is 72.2 Å². The Balaban J connectivity index is 2.09. The van der Waals surface area contributed by atoms with Crippen LogP contribution in [-0.2, 0) is 4.79 Å². The predicted octanol–water partition coefficient (Wildman–Crippen LogP) is 2.50. The number of benzene rings is 1. The van der Waals surface area contributed by atoms with E-state index in [0.29, 0.717) is 11.3 Å². The van der Waals surface area contributed by atoms with Crippen LogP contribution in [0.1, 0.15) is 15.9 Å². The number of amides is 2. The number of primary amides is 1. The molecule has 0 bridgehead atoms. The van der Waals surface area contributed by atoms with Crippen molar-refractivity contribution in [3.8, 4) is 0 Å². The Bertz CT molecular complexity index is 618. The second-order valence-corrected chi connectivity index (χ2v) is 4.57. The summed E-state index contributed by atoms with van der Waals surface area (Å²) in [7, 11) is 0. The summed E-state index contributed by atoms with van der Waals surface area (Å²) in [4.78, 5) is 22.9. The molecule has 1 aromatic carbocycles. The predicted molar refractivity (Wildman–Crippen MR) is 76.9 cm³/mol. The van der Waals surface area contributed by atoms with Gasteiger partial charge in [-0.1, -0.05) is 12.1 Å². The quantitative estimate of drug-likeness (QED) is 0.839. The smallest absolute Gasteiger partial charge is 0.250 e. The van der Waals surface area contributed by atoms with Crippen molar-refractivity contribution in [3.63, 3.8) is 0 Å². The highest BCUT2D eigenvalue weighted by Crippen LogP contribution is 2.14. The Morgan fingerprint density at radius 1 is 1.21 bits per heavy atom. The third kappa shape index (κ3) is 3.53. The molecule has 96 valence electrons. The molecule has 0 atom stereocenters. The van der Waals surface area contributed by atoms with Crippen LogP contribution >= 0.6 is 11.3 Å². The molecule has 2 rings (SSSR count). The largest absolute Gasteiger partial charge is 0.366 e. The summed E-state index contributed by atoms with van der Waals surface area (Å²) in [5.74, 6) is -0.877. The molecular formula is C14H12N2O2S. The van der Waals surface area contributed by atoms with E-state index in [4.69, 9.17) is 5.73 Å². The zero-order valence-electron chi connectivity index (χ0n) is 10.00. The first-order valence-corrected chi connectivity index (χ1v) is 6.51. The van der Waals surface area contributed by atoms with Crippen LogP contribution in [0.3, 0.4) is 0 Å². The Labute approximate surface area is 114 Å². The summed E-state index contributed by atoms with van der Waals surface area (Å²) in [6, 6.07) is 8.53. The molecule has 0 fully saturated rings. The molecular weight excluding hydrogens is 260 g/mol. The Hall–Kier alpha value is -2.40. The van der Waals surface area contributed by atoms with Crippen LogP contribution in [0, 0.1) is 0 Å². The third-order valence-corrected chi connectivity index (χ3v) is 3.12. The van der Waals surface area contributed by atoms with Crippen molar-refractivity contribution in [1.29, 1.82) is 0 Å². The summed E-state index contributed by atoms with van der Waals surface area (Å²) >= 11 is 1.56. The van der Waals surface area contributed by atoms with Gasteiger partial charge in [-0.25, -0.2) is 0 Å². The lowest BCUT2D eigenvalue weighted by Crippen LogP contribution is -2.16. The number of rotatable bonds is 4. The van der Waals surface area contributed by atoms with E-state index in [-0.39, 0.29) is 5.91 Å². The molecule has 0 radical (unpaired) electrons. The zero-order valence-corrected chi connectivity index (χ0v) is 10.8. The molecule has 0 aliphatic rings. The summed E-state index contributed by atoms with van der Waals surface area (Å²) in [5.41, 5.74) is 6.90. The van der Waals surface area contributed by atoms with Crippen molar-refractivity contribution in [2.24, 2.45) is 5.73 Å². The minimum atomic E-state index is -0.572. The fourth-order valence-corrected chi connectivity index (χ4v) is 2.15. The van der Waals surface area contributed by atoms with E-state index in [2.05, 4.69) is 5.32 Å². The molecule has 2 amide bonds. The van der Waals surface area contributed by atoms with Crippen molar-refractivity contribution in [2.75, 3.05) is 5.32 Å². The molecule has 0 saturated heterocycles. The van der Waals surface area contributed by atoms with Gasteiger partial charge in [-0.05, 0) is 40.6 Å². The average Bonchev–Trinajstić information content (AvgIpc) is 2.90. The first kappa shape index (κ1) is 13.0. The summed E-state index contributed by atoms with van der Waals surface area (Å²) in [6.07, 6.45) is 3.12. The number of nitrogens with two attached hydrogens (primary N) is 1. The molecule has 0 unspecified atom stereocenters. The molecule has 2 aromatic rings. The Kier molecular flexibility index (Phi) is 4.10. The minimum absolute atomic E-state index is 0.291. The van der Waals surface area contributed by atoms with Gasteiger partial charge >= 0.3 is 0 Å². The Morgan fingerprint density at radius 2 is 2.00 bits per heavy atom. The number of nitrogens with one attached hydrogen (secondary N) is 1. The molecule has 3 N–H and O–H groups in total. The number of carbonyl (C=O) groups excluding carboxylic acids is 2. The van der Waals surface area contributed by atoms with Crippen molar-refractivity contribution in [3.05, 3.63) is 58.3 Å². The van der Waals surface area contributed by atoms with Crippen LogP contribution < -0.4 is 11.1 Å². The lowest BCUT2D eigenvalue weighted by Gasteiger charge is -2.06. The van der Waals surface area contributed by atoms with E-state index in [1.54, 1.807) is 41.7 Å². The molecule has 1 heterocycles. The number of carbonyl (C=O) groups is 2. The molecule has 5 heteroatoms. The van der Waals surface area contributed by atoms with E-state index >= 15 is 0 Å². The van der Waals surface area contributed by atoms with Gasteiger partial charge in [0.2, 0.25) is 5.91 Å². The number of thiophene rings is 1. The SMILES string of the molecule is NC(=O)c1ccccc1NC(=O)/C=C/c1ccsc1. The lowest BCUT2D eigenvalue weighted by molar-refractivity contribution is -0.111. The molecule has 0 saturated carbocycles. The van der Waals surface area contributed by atoms with Gasteiger partial charge in [0.25, 0.3) is 5.91 Å². The fourth-order valence-electron chi connectivity index (χ4n) is 1.52. The van der Waals surface area contributed by atoms with Crippen LogP contribution in [0.2, 0.25) is 0 Å². The summed E-state index contributed by atoms with van der Waals surface area (Å²) in [6.45, 7) is 0. The lowest BCUT2D eigenvalue weighted by atomic mass is 10.1. The number of hydrogen-bond donors (Lipinski definition) is 2. The standard InChI is InChI=1S/C14H12N2O2S/c15-14(18)11-3-1-2-4-12(11)16-13(17)6-5-10-7-8-19-9-10/h1-9H,(H2,15,18)(H,16,17)/b6-5+. The van der Waals surface area contributed by atoms with Gasteiger partial charge in [-0.3, -0.25) is 9.59 Å². The van der Waals surface area contributed by atoms with Gasteiger partial charge in [-0.2, -0.15) is 11.3 Å². The molecule has 19 heavy (non-hydrogen) atoms. The fraction of sp³-hybridized carbons (Fsp3) is 0. The second-order valence-electron chi connectivity index (χ2n) is 3.79.